The van der Waals surface area contributed by atoms with E-state index in [2.05, 4.69) is 40.8 Å². The summed E-state index contributed by atoms with van der Waals surface area (Å²) in [4.78, 5) is 10.9. The number of rotatable bonds is 2. The van der Waals surface area contributed by atoms with E-state index >= 15 is 0 Å². The van der Waals surface area contributed by atoms with Crippen LogP contribution in [-0.2, 0) is 0 Å². The van der Waals surface area contributed by atoms with E-state index in [9.17, 15) is 0 Å². The summed E-state index contributed by atoms with van der Waals surface area (Å²) in [6, 6.07) is 4.02. The number of pyridine rings is 1. The average Bonchev–Trinajstić information content (AvgIpc) is 2.75. The molecule has 19 heavy (non-hydrogen) atoms. The van der Waals surface area contributed by atoms with Gasteiger partial charge in [-0.05, 0) is 39.3 Å². The highest BCUT2D eigenvalue weighted by Gasteiger charge is 2.40. The molecular formula is C14H18N4O. The molecule has 0 radical (unpaired) electrons. The van der Waals surface area contributed by atoms with Crippen LogP contribution >= 0.6 is 0 Å². The van der Waals surface area contributed by atoms with Crippen molar-refractivity contribution in [1.29, 1.82) is 0 Å². The van der Waals surface area contributed by atoms with Gasteiger partial charge in [0.05, 0.1) is 6.04 Å². The lowest BCUT2D eigenvalue weighted by molar-refractivity contribution is -0.0159. The molecule has 1 aliphatic rings. The maximum atomic E-state index is 5.43. The summed E-state index contributed by atoms with van der Waals surface area (Å²) in [6.07, 6.45) is 4.54. The van der Waals surface area contributed by atoms with Crippen LogP contribution < -0.4 is 0 Å². The average molecular weight is 258 g/mol. The van der Waals surface area contributed by atoms with E-state index in [1.807, 2.05) is 12.1 Å². The maximum Gasteiger partial charge on any atom is 0.244 e. The van der Waals surface area contributed by atoms with Crippen molar-refractivity contribution in [3.63, 3.8) is 0 Å². The Morgan fingerprint density at radius 1 is 1.26 bits per heavy atom. The highest BCUT2D eigenvalue weighted by molar-refractivity contribution is 5.52. The van der Waals surface area contributed by atoms with Crippen LogP contribution in [0.4, 0.5) is 0 Å². The molecule has 2 aromatic rings. The normalized spacial score (nSPS) is 20.3. The van der Waals surface area contributed by atoms with Gasteiger partial charge in [-0.2, -0.15) is 4.98 Å². The van der Waals surface area contributed by atoms with Crippen LogP contribution in [0.5, 0.6) is 0 Å². The summed E-state index contributed by atoms with van der Waals surface area (Å²) < 4.78 is 5.43. The molecule has 1 aliphatic heterocycles. The Hall–Kier alpha value is -1.75. The summed E-state index contributed by atoms with van der Waals surface area (Å²) in [5.41, 5.74) is 1.07. The van der Waals surface area contributed by atoms with Gasteiger partial charge < -0.3 is 4.52 Å². The van der Waals surface area contributed by atoms with Crippen LogP contribution in [-0.4, -0.2) is 32.1 Å². The lowest BCUT2D eigenvalue weighted by atomic mass is 9.93. The van der Waals surface area contributed by atoms with Crippen molar-refractivity contribution >= 4 is 0 Å². The molecule has 0 saturated carbocycles. The van der Waals surface area contributed by atoms with Crippen LogP contribution in [0.1, 0.15) is 39.1 Å². The molecule has 1 unspecified atom stereocenters. The molecule has 5 heteroatoms. The number of likely N-dealkylation sites (tertiary alicyclic amines) is 1. The highest BCUT2D eigenvalue weighted by atomic mass is 16.5. The van der Waals surface area contributed by atoms with E-state index in [1.165, 1.54) is 0 Å². The third-order valence-electron chi connectivity index (χ3n) is 3.55. The van der Waals surface area contributed by atoms with Crippen LogP contribution in [0, 0.1) is 0 Å². The van der Waals surface area contributed by atoms with Crippen molar-refractivity contribution in [2.75, 3.05) is 6.54 Å². The van der Waals surface area contributed by atoms with E-state index in [4.69, 9.17) is 4.52 Å². The SMILES string of the molecule is CC(C)(C)N1CCC1c1nc(-c2ccncc2)no1. The zero-order valence-corrected chi connectivity index (χ0v) is 11.5. The molecule has 0 aliphatic carbocycles. The molecule has 100 valence electrons. The van der Waals surface area contributed by atoms with E-state index in [0.29, 0.717) is 11.7 Å². The van der Waals surface area contributed by atoms with Crippen molar-refractivity contribution in [2.24, 2.45) is 0 Å². The lowest BCUT2D eigenvalue weighted by Crippen LogP contribution is -2.52. The third-order valence-corrected chi connectivity index (χ3v) is 3.55. The zero-order chi connectivity index (χ0) is 13.5. The minimum absolute atomic E-state index is 0.133. The molecule has 0 bridgehead atoms. The second-order valence-electron chi connectivity index (χ2n) is 5.86. The first-order chi connectivity index (χ1) is 9.05. The number of hydrogen-bond donors (Lipinski definition) is 0. The fraction of sp³-hybridized carbons (Fsp3) is 0.500. The first kappa shape index (κ1) is 12.3. The number of nitrogens with zero attached hydrogens (tertiary/aromatic N) is 4. The van der Waals surface area contributed by atoms with Gasteiger partial charge >= 0.3 is 0 Å². The molecule has 1 fully saturated rings. The van der Waals surface area contributed by atoms with Gasteiger partial charge in [0, 0.05) is 30.0 Å². The van der Waals surface area contributed by atoms with Crippen molar-refractivity contribution in [2.45, 2.75) is 38.8 Å². The minimum Gasteiger partial charge on any atom is -0.337 e. The molecule has 0 aromatic carbocycles. The second kappa shape index (κ2) is 4.42. The van der Waals surface area contributed by atoms with Crippen LogP contribution in [0.25, 0.3) is 11.4 Å². The molecule has 3 rings (SSSR count). The van der Waals surface area contributed by atoms with Gasteiger partial charge in [0.1, 0.15) is 0 Å². The van der Waals surface area contributed by atoms with Crippen molar-refractivity contribution in [3.8, 4) is 11.4 Å². The van der Waals surface area contributed by atoms with Crippen LogP contribution in [0.3, 0.4) is 0 Å². The van der Waals surface area contributed by atoms with Crippen molar-refractivity contribution < 1.29 is 4.52 Å². The topological polar surface area (TPSA) is 55.1 Å². The van der Waals surface area contributed by atoms with Gasteiger partial charge in [0.2, 0.25) is 11.7 Å². The molecule has 0 spiro atoms. The number of hydrogen-bond acceptors (Lipinski definition) is 5. The third kappa shape index (κ3) is 2.26. The van der Waals surface area contributed by atoms with Crippen LogP contribution in [0.2, 0.25) is 0 Å². The number of aromatic nitrogens is 3. The van der Waals surface area contributed by atoms with Gasteiger partial charge in [-0.1, -0.05) is 5.16 Å². The molecule has 3 heterocycles. The maximum absolute atomic E-state index is 5.43. The molecule has 5 nitrogen and oxygen atoms in total. The summed E-state index contributed by atoms with van der Waals surface area (Å²) >= 11 is 0. The monoisotopic (exact) mass is 258 g/mol. The van der Waals surface area contributed by atoms with E-state index in [-0.39, 0.29) is 11.6 Å². The van der Waals surface area contributed by atoms with Gasteiger partial charge in [0.15, 0.2) is 0 Å². The van der Waals surface area contributed by atoms with E-state index in [1.54, 1.807) is 12.4 Å². The molecular weight excluding hydrogens is 240 g/mol. The second-order valence-corrected chi connectivity index (χ2v) is 5.86. The Labute approximate surface area is 112 Å². The summed E-state index contributed by atoms with van der Waals surface area (Å²) in [5, 5.41) is 4.07. The fourth-order valence-electron chi connectivity index (χ4n) is 2.44. The predicted octanol–water partition coefficient (Wildman–Crippen LogP) is 2.68. The fourth-order valence-corrected chi connectivity index (χ4v) is 2.44. The van der Waals surface area contributed by atoms with Gasteiger partial charge in [-0.25, -0.2) is 0 Å². The Kier molecular flexibility index (Phi) is 2.86. The van der Waals surface area contributed by atoms with Crippen molar-refractivity contribution in [3.05, 3.63) is 30.4 Å². The zero-order valence-electron chi connectivity index (χ0n) is 11.5. The Bertz CT molecular complexity index is 558. The molecule has 1 saturated heterocycles. The van der Waals surface area contributed by atoms with E-state index in [0.717, 1.165) is 18.5 Å². The van der Waals surface area contributed by atoms with Gasteiger partial charge in [-0.15, -0.1) is 0 Å². The quantitative estimate of drug-likeness (QED) is 0.829. The smallest absolute Gasteiger partial charge is 0.244 e. The van der Waals surface area contributed by atoms with Crippen LogP contribution in [0.15, 0.2) is 29.0 Å². The summed E-state index contributed by atoms with van der Waals surface area (Å²) in [6.45, 7) is 7.71. The Morgan fingerprint density at radius 2 is 2.00 bits per heavy atom. The first-order valence-electron chi connectivity index (χ1n) is 6.56. The lowest BCUT2D eigenvalue weighted by Gasteiger charge is -2.47. The Morgan fingerprint density at radius 3 is 2.58 bits per heavy atom. The van der Waals surface area contributed by atoms with Gasteiger partial charge in [-0.3, -0.25) is 9.88 Å². The highest BCUT2D eigenvalue weighted by Crippen LogP contribution is 2.38. The predicted molar refractivity (Wildman–Crippen MR) is 71.3 cm³/mol. The molecule has 0 N–H and O–H groups in total. The largest absolute Gasteiger partial charge is 0.337 e. The van der Waals surface area contributed by atoms with Gasteiger partial charge in [0.25, 0.3) is 0 Å². The Balaban J connectivity index is 1.83. The first-order valence-corrected chi connectivity index (χ1v) is 6.56. The van der Waals surface area contributed by atoms with E-state index < -0.39 is 0 Å². The molecule has 0 amide bonds. The van der Waals surface area contributed by atoms with Crippen molar-refractivity contribution in [1.82, 2.24) is 20.0 Å². The molecule has 1 atom stereocenters. The summed E-state index contributed by atoms with van der Waals surface area (Å²) in [5.74, 6) is 1.35. The standard InChI is InChI=1S/C14H18N4O/c1-14(2,3)18-9-6-11(18)13-16-12(17-19-13)10-4-7-15-8-5-10/h4-5,7-8,11H,6,9H2,1-3H3. The minimum atomic E-state index is 0.133. The molecule has 2 aromatic heterocycles. The summed E-state index contributed by atoms with van der Waals surface area (Å²) in [7, 11) is 0.